The minimum absolute atomic E-state index is 0.0102. The number of anilines is 1. The molecule has 3 saturated heterocycles. The van der Waals surface area contributed by atoms with Crippen molar-refractivity contribution >= 4 is 36.2 Å². The van der Waals surface area contributed by atoms with E-state index in [2.05, 4.69) is 15.2 Å². The molecule has 0 saturated carbocycles. The summed E-state index contributed by atoms with van der Waals surface area (Å²) in [5.41, 5.74) is 2.90. The number of furan rings is 1. The van der Waals surface area contributed by atoms with Gasteiger partial charge in [0.1, 0.15) is 48.1 Å². The van der Waals surface area contributed by atoms with Gasteiger partial charge in [0.2, 0.25) is 11.0 Å². The number of carbonyl (C=O) groups is 2. The maximum Gasteiger partial charge on any atom is 0.413 e. The summed E-state index contributed by atoms with van der Waals surface area (Å²) in [4.78, 5) is 44.6. The smallest absolute Gasteiger partial charge is 0.413 e. The number of likely N-dealkylation sites (tertiary alicyclic amines) is 1. The lowest BCUT2D eigenvalue weighted by Gasteiger charge is -2.33. The van der Waals surface area contributed by atoms with Crippen molar-refractivity contribution in [1.29, 1.82) is 0 Å². The highest BCUT2D eigenvalue weighted by Crippen LogP contribution is 2.73. The van der Waals surface area contributed by atoms with Crippen LogP contribution in [0.15, 0.2) is 63.9 Å². The minimum atomic E-state index is -3.81. The van der Waals surface area contributed by atoms with Crippen molar-refractivity contribution in [3.05, 3.63) is 71.0 Å². The van der Waals surface area contributed by atoms with Crippen LogP contribution in [-0.2, 0) is 35.9 Å². The number of aliphatic hydroxyl groups is 1. The highest BCUT2D eigenvalue weighted by Gasteiger charge is 2.73. The number of aliphatic hydroxyl groups excluding tert-OH is 1. The predicted molar refractivity (Wildman–Crippen MR) is 195 cm³/mol. The van der Waals surface area contributed by atoms with Gasteiger partial charge in [0.25, 0.3) is 7.37 Å². The molecule has 18 nitrogen and oxygen atoms in total. The number of aromatic nitrogens is 2. The van der Waals surface area contributed by atoms with Gasteiger partial charge in [-0.05, 0) is 50.2 Å². The Kier molecular flexibility index (Phi) is 10.7. The van der Waals surface area contributed by atoms with Gasteiger partial charge < -0.3 is 53.1 Å². The first-order chi connectivity index (χ1) is 27.1. The Labute approximate surface area is 323 Å². The summed E-state index contributed by atoms with van der Waals surface area (Å²) in [5.74, 6) is -3.77. The summed E-state index contributed by atoms with van der Waals surface area (Å²) in [6, 6.07) is 11.6. The number of nitrogens with zero attached hydrogens (tertiary/aromatic N) is 3. The largest absolute Gasteiger partial charge is 0.497 e. The number of halogens is 2. The molecule has 1 unspecified atom stereocenters. The first-order valence-corrected chi connectivity index (χ1v) is 19.5. The quantitative estimate of drug-likeness (QED) is 0.130. The Bertz CT molecular complexity index is 2280. The van der Waals surface area contributed by atoms with Crippen LogP contribution in [0.25, 0.3) is 11.0 Å². The average Bonchev–Trinajstić information content (AvgIpc) is 3.40. The van der Waals surface area contributed by atoms with Gasteiger partial charge in [0.15, 0.2) is 24.0 Å². The van der Waals surface area contributed by atoms with E-state index in [9.17, 15) is 32.8 Å². The number of fused-ring (bicyclic) bond motifs is 1. The van der Waals surface area contributed by atoms with Crippen LogP contribution in [-0.4, -0.2) is 109 Å². The van der Waals surface area contributed by atoms with E-state index >= 15 is 0 Å². The Balaban J connectivity index is 1.00. The molecule has 0 bridgehead atoms. The molecule has 2 aromatic heterocycles. The molecule has 0 aliphatic carbocycles. The number of methoxy groups -OCH3 is 2. The molecule has 4 N–H and O–H groups in total. The predicted octanol–water partition coefficient (Wildman–Crippen LogP) is 3.48. The van der Waals surface area contributed by atoms with Gasteiger partial charge in [-0.15, -0.1) is 0 Å². The fourth-order valence-electron chi connectivity index (χ4n) is 6.56. The van der Waals surface area contributed by atoms with E-state index in [0.717, 1.165) is 25.4 Å². The summed E-state index contributed by atoms with van der Waals surface area (Å²) < 4.78 is 87.6. The molecular weight excluding hydrogens is 779 g/mol. The molecule has 4 atom stereocenters. The molecule has 57 heavy (non-hydrogen) atoms. The van der Waals surface area contributed by atoms with Gasteiger partial charge in [-0.25, -0.2) is 23.2 Å². The number of esters is 1. The molecule has 0 spiro atoms. The average molecular weight is 820 g/mol. The van der Waals surface area contributed by atoms with Crippen LogP contribution in [0.5, 0.6) is 23.0 Å². The van der Waals surface area contributed by atoms with Crippen LogP contribution in [0.1, 0.15) is 18.6 Å². The third kappa shape index (κ3) is 7.87. The molecule has 1 amide bonds. The Hall–Kier alpha value is -5.27. The third-order valence-corrected chi connectivity index (χ3v) is 12.5. The lowest BCUT2D eigenvalue weighted by Crippen LogP contribution is -2.55. The topological polar surface area (TPSA) is 225 Å². The molecule has 306 valence electrons. The molecule has 5 heterocycles. The monoisotopic (exact) mass is 819 g/mol. The van der Waals surface area contributed by atoms with E-state index < -0.39 is 61.4 Å². The first-order valence-electron chi connectivity index (χ1n) is 17.7. The van der Waals surface area contributed by atoms with Gasteiger partial charge in [-0.3, -0.25) is 14.4 Å². The van der Waals surface area contributed by atoms with Crippen LogP contribution in [0, 0.1) is 0 Å². The van der Waals surface area contributed by atoms with Gasteiger partial charge in [0, 0.05) is 36.8 Å². The Morgan fingerprint density at radius 2 is 1.84 bits per heavy atom. The van der Waals surface area contributed by atoms with Crippen LogP contribution < -0.4 is 35.5 Å². The van der Waals surface area contributed by atoms with Crippen LogP contribution in [0.4, 0.5) is 19.4 Å². The number of piperidine rings is 1. The lowest BCUT2D eigenvalue weighted by molar-refractivity contribution is -0.161. The van der Waals surface area contributed by atoms with E-state index in [0.29, 0.717) is 39.9 Å². The van der Waals surface area contributed by atoms with Gasteiger partial charge >= 0.3 is 23.7 Å². The molecule has 3 aliphatic heterocycles. The van der Waals surface area contributed by atoms with Crippen LogP contribution in [0.2, 0.25) is 0 Å². The zero-order valence-electron chi connectivity index (χ0n) is 31.0. The van der Waals surface area contributed by atoms with Crippen molar-refractivity contribution in [3.63, 3.8) is 0 Å². The molecule has 7 rings (SSSR count). The number of carbonyl (C=O) groups excluding carboxylic acids is 2. The fraction of sp³-hybridized carbons (Fsp3) is 0.444. The SMILES string of the molecule is COc1cc(OC)c2oc(COC(=O)Nc3ccn([C@]4(COc5cccc(OP6(=O)C[C@@]6(N)C(=O)OC6CCN(C)CC6)c5)OCC(F)(F)[C@@H]4O)c(=O)n3)cc2c1. The molecule has 4 aromatic rings. The lowest BCUT2D eigenvalue weighted by atomic mass is 10.0. The second kappa shape index (κ2) is 15.2. The van der Waals surface area contributed by atoms with Gasteiger partial charge in [-0.2, -0.15) is 4.98 Å². The van der Waals surface area contributed by atoms with Crippen molar-refractivity contribution in [2.45, 2.75) is 48.6 Å². The highest BCUT2D eigenvalue weighted by atomic mass is 31.2. The van der Waals surface area contributed by atoms with Gasteiger partial charge in [-0.1, -0.05) is 6.07 Å². The zero-order chi connectivity index (χ0) is 40.8. The molecule has 3 aliphatic rings. The molecule has 21 heteroatoms. The van der Waals surface area contributed by atoms with Crippen molar-refractivity contribution < 1.29 is 65.4 Å². The first kappa shape index (κ1) is 39.9. The second-order valence-electron chi connectivity index (χ2n) is 13.9. The normalized spacial score (nSPS) is 25.8. The maximum absolute atomic E-state index is 14.8. The number of benzene rings is 2. The summed E-state index contributed by atoms with van der Waals surface area (Å²) in [6.45, 7) is -0.960. The number of ether oxygens (including phenoxy) is 6. The minimum Gasteiger partial charge on any atom is -0.497 e. The number of hydrogen-bond acceptors (Lipinski definition) is 16. The third-order valence-electron chi connectivity index (χ3n) is 9.94. The second-order valence-corrected chi connectivity index (χ2v) is 16.6. The number of amides is 1. The van der Waals surface area contributed by atoms with Crippen LogP contribution in [0.3, 0.4) is 0 Å². The van der Waals surface area contributed by atoms with Gasteiger partial charge in [0.05, 0.1) is 20.4 Å². The highest BCUT2D eigenvalue weighted by molar-refractivity contribution is 7.70. The number of nitrogens with two attached hydrogens (primary N) is 1. The Morgan fingerprint density at radius 3 is 2.53 bits per heavy atom. The number of nitrogens with one attached hydrogen (secondary N) is 1. The number of hydrogen-bond donors (Lipinski definition) is 3. The summed E-state index contributed by atoms with van der Waals surface area (Å²) >= 11 is 0. The summed E-state index contributed by atoms with van der Waals surface area (Å²) in [6.07, 6.45) is -2.00. The van der Waals surface area contributed by atoms with E-state index in [1.807, 2.05) is 7.05 Å². The zero-order valence-corrected chi connectivity index (χ0v) is 31.9. The summed E-state index contributed by atoms with van der Waals surface area (Å²) in [7, 11) is 1.18. The molecule has 0 radical (unpaired) electrons. The van der Waals surface area contributed by atoms with Crippen molar-refractivity contribution in [3.8, 4) is 23.0 Å². The molecule has 3 fully saturated rings. The molecule has 2 aromatic carbocycles. The van der Waals surface area contributed by atoms with E-state index in [4.69, 9.17) is 43.1 Å². The molecular formula is C36H40F2N5O13P. The van der Waals surface area contributed by atoms with Crippen molar-refractivity contribution in [2.75, 3.05) is 59.0 Å². The van der Waals surface area contributed by atoms with E-state index in [1.54, 1.807) is 18.2 Å². The fourth-order valence-corrected chi connectivity index (χ4v) is 8.61. The van der Waals surface area contributed by atoms with Crippen LogP contribution >= 0.6 is 7.37 Å². The van der Waals surface area contributed by atoms with E-state index in [-0.39, 0.29) is 41.9 Å². The van der Waals surface area contributed by atoms with Crippen molar-refractivity contribution in [2.24, 2.45) is 5.73 Å². The maximum atomic E-state index is 14.8. The number of rotatable bonds is 13. The Morgan fingerprint density at radius 1 is 1.09 bits per heavy atom. The van der Waals surface area contributed by atoms with Crippen molar-refractivity contribution in [1.82, 2.24) is 14.5 Å². The van der Waals surface area contributed by atoms with E-state index in [1.165, 1.54) is 38.5 Å². The standard InChI is InChI=1S/C36H40F2N5O13P/c1-42-10-7-22(8-11-42)55-31(45)35(39)20-57(35,48)56-24-6-4-5-23(15-24)52-19-36(30(44)34(37,38)18-53-36)43-12-9-28(40-32(43)46)41-33(47)51-17-26-14-21-13-25(49-2)16-27(50-3)29(21)54-26/h4-6,9,12-16,22,30,44H,7-8,10-11,17-20,39H2,1-3H3,(H,40,41,46,47)/t30-,35-,36+,57?/m0/s1. The summed E-state index contributed by atoms with van der Waals surface area (Å²) in [5, 5.41) is 11.9. The number of alkyl halides is 2.